The number of esters is 1. The van der Waals surface area contributed by atoms with Crippen LogP contribution in [0.15, 0.2) is 35.4 Å². The molecule has 0 saturated carbocycles. The summed E-state index contributed by atoms with van der Waals surface area (Å²) in [4.78, 5) is 41.9. The van der Waals surface area contributed by atoms with E-state index in [1.807, 2.05) is 0 Å². The summed E-state index contributed by atoms with van der Waals surface area (Å²) in [5.41, 5.74) is 0.604. The number of aromatic nitrogens is 2. The zero-order chi connectivity index (χ0) is 21.0. The van der Waals surface area contributed by atoms with E-state index in [9.17, 15) is 18.8 Å². The Kier molecular flexibility index (Phi) is 6.38. The minimum Gasteiger partial charge on any atom is -0.462 e. The summed E-state index contributed by atoms with van der Waals surface area (Å²) < 4.78 is 19.8. The quantitative estimate of drug-likeness (QED) is 0.597. The van der Waals surface area contributed by atoms with Crippen molar-refractivity contribution in [3.63, 3.8) is 0 Å². The maximum Gasteiger partial charge on any atom is 0.348 e. The highest BCUT2D eigenvalue weighted by molar-refractivity contribution is 7.20. The second kappa shape index (κ2) is 8.95. The van der Waals surface area contributed by atoms with Crippen molar-refractivity contribution >= 4 is 33.4 Å². The molecule has 1 N–H and O–H groups in total. The Labute approximate surface area is 170 Å². The molecule has 0 unspecified atom stereocenters. The highest BCUT2D eigenvalue weighted by Gasteiger charge is 2.20. The molecule has 1 aromatic carbocycles. The maximum absolute atomic E-state index is 13.6. The lowest BCUT2D eigenvalue weighted by molar-refractivity contribution is -0.121. The number of hydrogen-bond donors (Lipinski definition) is 1. The zero-order valence-corrected chi connectivity index (χ0v) is 16.8. The van der Waals surface area contributed by atoms with Crippen molar-refractivity contribution in [1.29, 1.82) is 0 Å². The molecule has 1 amide bonds. The normalized spacial score (nSPS) is 10.9. The molecular formula is C20H20FN3O4S. The van der Waals surface area contributed by atoms with Crippen LogP contribution in [0.2, 0.25) is 0 Å². The molecule has 152 valence electrons. The summed E-state index contributed by atoms with van der Waals surface area (Å²) in [5.74, 6) is -1.20. The predicted octanol–water partition coefficient (Wildman–Crippen LogP) is 2.44. The molecule has 0 spiro atoms. The fourth-order valence-corrected chi connectivity index (χ4v) is 3.94. The smallest absolute Gasteiger partial charge is 0.348 e. The third-order valence-electron chi connectivity index (χ3n) is 4.37. The van der Waals surface area contributed by atoms with E-state index in [2.05, 4.69) is 10.3 Å². The molecule has 3 rings (SSSR count). The monoisotopic (exact) mass is 417 g/mol. The van der Waals surface area contributed by atoms with Crippen molar-refractivity contribution in [2.24, 2.45) is 0 Å². The number of carbonyl (C=O) groups is 2. The van der Waals surface area contributed by atoms with Crippen LogP contribution in [0.3, 0.4) is 0 Å². The van der Waals surface area contributed by atoms with Crippen LogP contribution in [0.1, 0.15) is 27.7 Å². The molecule has 3 aromatic rings. The first-order chi connectivity index (χ1) is 13.9. The van der Waals surface area contributed by atoms with Crippen molar-refractivity contribution < 1.29 is 18.7 Å². The topological polar surface area (TPSA) is 90.3 Å². The molecule has 2 aromatic heterocycles. The fraction of sp³-hybridized carbons (Fsp3) is 0.300. The van der Waals surface area contributed by atoms with Gasteiger partial charge in [-0.05, 0) is 37.5 Å². The average molecular weight is 417 g/mol. The van der Waals surface area contributed by atoms with Gasteiger partial charge < -0.3 is 10.1 Å². The Morgan fingerprint density at radius 3 is 2.79 bits per heavy atom. The molecule has 2 heterocycles. The zero-order valence-electron chi connectivity index (χ0n) is 16.0. The highest BCUT2D eigenvalue weighted by Crippen LogP contribution is 2.27. The molecular weight excluding hydrogens is 397 g/mol. The van der Waals surface area contributed by atoms with Crippen LogP contribution < -0.4 is 10.9 Å². The van der Waals surface area contributed by atoms with Gasteiger partial charge in [0, 0.05) is 6.54 Å². The van der Waals surface area contributed by atoms with Crippen molar-refractivity contribution in [3.8, 4) is 0 Å². The van der Waals surface area contributed by atoms with Gasteiger partial charge in [-0.3, -0.25) is 14.2 Å². The number of ether oxygens (including phenoxy) is 1. The Balaban J connectivity index is 1.71. The minimum atomic E-state index is -0.496. The van der Waals surface area contributed by atoms with Gasteiger partial charge in [0.25, 0.3) is 5.56 Å². The fourth-order valence-electron chi connectivity index (χ4n) is 2.91. The van der Waals surface area contributed by atoms with Gasteiger partial charge in [0.15, 0.2) is 0 Å². The summed E-state index contributed by atoms with van der Waals surface area (Å²) in [6.45, 7) is 3.62. The van der Waals surface area contributed by atoms with E-state index in [1.165, 1.54) is 17.0 Å². The molecule has 0 atom stereocenters. The Morgan fingerprint density at radius 1 is 1.31 bits per heavy atom. The third-order valence-corrected chi connectivity index (χ3v) is 5.55. The van der Waals surface area contributed by atoms with Crippen LogP contribution in [0, 0.1) is 12.7 Å². The van der Waals surface area contributed by atoms with Crippen LogP contribution in [-0.2, 0) is 22.5 Å². The number of benzene rings is 1. The lowest BCUT2D eigenvalue weighted by Gasteiger charge is -2.08. The van der Waals surface area contributed by atoms with Gasteiger partial charge >= 0.3 is 5.97 Å². The minimum absolute atomic E-state index is 0.219. The van der Waals surface area contributed by atoms with Gasteiger partial charge in [-0.1, -0.05) is 18.2 Å². The van der Waals surface area contributed by atoms with Crippen LogP contribution >= 0.6 is 11.3 Å². The molecule has 0 saturated heterocycles. The number of nitrogens with zero attached hydrogens (tertiary/aromatic N) is 2. The van der Waals surface area contributed by atoms with Crippen LogP contribution in [0.25, 0.3) is 10.2 Å². The van der Waals surface area contributed by atoms with E-state index < -0.39 is 11.5 Å². The van der Waals surface area contributed by atoms with E-state index >= 15 is 0 Å². The lowest BCUT2D eigenvalue weighted by atomic mass is 10.1. The van der Waals surface area contributed by atoms with Gasteiger partial charge in [0.1, 0.15) is 22.1 Å². The highest BCUT2D eigenvalue weighted by atomic mass is 32.1. The van der Waals surface area contributed by atoms with Gasteiger partial charge in [0.2, 0.25) is 5.91 Å². The number of hydrogen-bond acceptors (Lipinski definition) is 6. The number of carbonyl (C=O) groups excluding carboxylic acids is 2. The average Bonchev–Trinajstić information content (AvgIpc) is 3.03. The molecule has 0 aliphatic carbocycles. The van der Waals surface area contributed by atoms with E-state index in [0.29, 0.717) is 32.6 Å². The first-order valence-corrected chi connectivity index (χ1v) is 9.89. The van der Waals surface area contributed by atoms with E-state index in [4.69, 9.17) is 4.74 Å². The lowest BCUT2D eigenvalue weighted by Crippen LogP contribution is -2.33. The summed E-state index contributed by atoms with van der Waals surface area (Å²) in [6, 6.07) is 6.36. The molecule has 0 aliphatic heterocycles. The van der Waals surface area contributed by atoms with Crippen molar-refractivity contribution in [1.82, 2.24) is 14.9 Å². The number of rotatable bonds is 7. The first kappa shape index (κ1) is 20.7. The predicted molar refractivity (Wildman–Crippen MR) is 108 cm³/mol. The summed E-state index contributed by atoms with van der Waals surface area (Å²) in [5, 5.41) is 2.98. The van der Waals surface area contributed by atoms with Crippen molar-refractivity contribution in [2.45, 2.75) is 26.8 Å². The van der Waals surface area contributed by atoms with E-state index in [0.717, 1.165) is 11.3 Å². The molecule has 0 bridgehead atoms. The number of nitrogens with one attached hydrogen (secondary N) is 1. The van der Waals surface area contributed by atoms with Crippen molar-refractivity contribution in [3.05, 3.63) is 62.8 Å². The van der Waals surface area contributed by atoms with Crippen LogP contribution in [0.5, 0.6) is 0 Å². The Bertz CT molecular complexity index is 1120. The molecule has 7 nitrogen and oxygen atoms in total. The number of thiophene rings is 1. The molecule has 29 heavy (non-hydrogen) atoms. The molecule has 0 radical (unpaired) electrons. The number of amides is 1. The maximum atomic E-state index is 13.6. The largest absolute Gasteiger partial charge is 0.462 e. The van der Waals surface area contributed by atoms with E-state index in [1.54, 1.807) is 32.0 Å². The molecule has 0 fully saturated rings. The van der Waals surface area contributed by atoms with Gasteiger partial charge in [-0.2, -0.15) is 0 Å². The Hall–Kier alpha value is -3.07. The second-order valence-electron chi connectivity index (χ2n) is 6.33. The van der Waals surface area contributed by atoms with Crippen LogP contribution in [0.4, 0.5) is 4.39 Å². The standard InChI is InChI=1S/C20H20FN3O4S/c1-3-28-20(27)17-12(2)16-18(29-17)23-11-24(19(16)26)10-15(25)22-9-8-13-6-4-5-7-14(13)21/h4-7,11H,3,8-10H2,1-2H3,(H,22,25). The van der Waals surface area contributed by atoms with Gasteiger partial charge in [0.05, 0.1) is 18.3 Å². The molecule has 9 heteroatoms. The van der Waals surface area contributed by atoms with Crippen LogP contribution in [-0.4, -0.2) is 34.6 Å². The third kappa shape index (κ3) is 4.51. The van der Waals surface area contributed by atoms with E-state index in [-0.39, 0.29) is 31.4 Å². The van der Waals surface area contributed by atoms with Gasteiger partial charge in [-0.25, -0.2) is 14.2 Å². The van der Waals surface area contributed by atoms with Crippen molar-refractivity contribution in [2.75, 3.05) is 13.2 Å². The number of halogens is 1. The number of fused-ring (bicyclic) bond motifs is 1. The molecule has 0 aliphatic rings. The first-order valence-electron chi connectivity index (χ1n) is 9.08. The number of aryl methyl sites for hydroxylation is 1. The SMILES string of the molecule is CCOC(=O)c1sc2ncn(CC(=O)NCCc3ccccc3F)c(=O)c2c1C. The summed E-state index contributed by atoms with van der Waals surface area (Å²) in [6.07, 6.45) is 1.63. The second-order valence-corrected chi connectivity index (χ2v) is 7.32. The summed E-state index contributed by atoms with van der Waals surface area (Å²) >= 11 is 1.09. The van der Waals surface area contributed by atoms with Gasteiger partial charge in [-0.15, -0.1) is 11.3 Å². The Morgan fingerprint density at radius 2 is 2.07 bits per heavy atom. The summed E-state index contributed by atoms with van der Waals surface area (Å²) in [7, 11) is 0.